The number of hydrogen-bond donors (Lipinski definition) is 0. The van der Waals surface area contributed by atoms with Gasteiger partial charge in [-0.05, 0) is 47.6 Å². The smallest absolute Gasteiger partial charge is 0.415 e. The van der Waals surface area contributed by atoms with Crippen molar-refractivity contribution in [1.82, 2.24) is 4.98 Å². The third-order valence-corrected chi connectivity index (χ3v) is 2.58. The number of halogens is 2. The Balaban J connectivity index is 3.28. The number of ether oxygens (including phenoxy) is 1. The second-order valence-electron chi connectivity index (χ2n) is 6.42. The molecule has 0 saturated heterocycles. The van der Waals surface area contributed by atoms with Crippen molar-refractivity contribution in [3.63, 3.8) is 0 Å². The molecule has 6 heteroatoms. The van der Waals surface area contributed by atoms with Gasteiger partial charge in [0.2, 0.25) is 0 Å². The molecule has 0 saturated carbocycles. The summed E-state index contributed by atoms with van der Waals surface area (Å²) in [6.45, 7) is 10.6. The monoisotopic (exact) mass is 302 g/mol. The molecule has 1 aromatic rings. The first-order valence-electron chi connectivity index (χ1n) is 6.26. The molecule has 112 valence electrons. The van der Waals surface area contributed by atoms with Gasteiger partial charge in [-0.1, -0.05) is 11.6 Å². The van der Waals surface area contributed by atoms with Crippen LogP contribution in [0.25, 0.3) is 0 Å². The number of carbonyl (C=O) groups excluding carboxylic acids is 1. The van der Waals surface area contributed by atoms with Gasteiger partial charge >= 0.3 is 6.09 Å². The predicted octanol–water partition coefficient (Wildman–Crippen LogP) is 4.41. The Morgan fingerprint density at radius 1 is 1.30 bits per heavy atom. The van der Waals surface area contributed by atoms with Crippen molar-refractivity contribution in [3.05, 3.63) is 23.2 Å². The van der Waals surface area contributed by atoms with Crippen LogP contribution in [0.15, 0.2) is 12.3 Å². The quantitative estimate of drug-likeness (QED) is 0.721. The Kier molecular flexibility index (Phi) is 4.64. The molecule has 20 heavy (non-hydrogen) atoms. The minimum Gasteiger partial charge on any atom is -0.443 e. The summed E-state index contributed by atoms with van der Waals surface area (Å²) >= 11 is 5.68. The number of carbonyl (C=O) groups is 1. The van der Waals surface area contributed by atoms with E-state index >= 15 is 0 Å². The zero-order valence-electron chi connectivity index (χ0n) is 12.6. The lowest BCUT2D eigenvalue weighted by atomic mass is 10.1. The predicted molar refractivity (Wildman–Crippen MR) is 77.7 cm³/mol. The fraction of sp³-hybridized carbons (Fsp3) is 0.571. The molecule has 0 N–H and O–H groups in total. The van der Waals surface area contributed by atoms with Gasteiger partial charge in [-0.2, -0.15) is 0 Å². The van der Waals surface area contributed by atoms with Gasteiger partial charge in [0, 0.05) is 11.7 Å². The van der Waals surface area contributed by atoms with Crippen molar-refractivity contribution in [2.24, 2.45) is 0 Å². The maximum atomic E-state index is 14.1. The second-order valence-corrected chi connectivity index (χ2v) is 6.78. The average Bonchev–Trinajstić information content (AvgIpc) is 2.20. The van der Waals surface area contributed by atoms with E-state index < -0.39 is 23.1 Å². The van der Waals surface area contributed by atoms with Gasteiger partial charge in [-0.3, -0.25) is 4.90 Å². The molecule has 0 bridgehead atoms. The summed E-state index contributed by atoms with van der Waals surface area (Å²) in [4.78, 5) is 17.2. The Morgan fingerprint density at radius 3 is 2.30 bits per heavy atom. The standard InChI is InChI=1S/C14H20ClFN2O2/c1-13(2,3)18(12(19)20-14(4,5)6)9-7-8-17-11(15)10(9)16/h7-8H,1-6H3. The molecule has 1 aromatic heterocycles. The van der Waals surface area contributed by atoms with Crippen molar-refractivity contribution >= 4 is 23.4 Å². The van der Waals surface area contributed by atoms with Gasteiger partial charge in [0.05, 0.1) is 5.69 Å². The molecule has 1 heterocycles. The molecule has 0 aliphatic carbocycles. The number of pyridine rings is 1. The van der Waals surface area contributed by atoms with Crippen LogP contribution < -0.4 is 4.90 Å². The molecular weight excluding hydrogens is 283 g/mol. The number of amides is 1. The first-order valence-corrected chi connectivity index (χ1v) is 6.64. The molecular formula is C14H20ClFN2O2. The van der Waals surface area contributed by atoms with E-state index in [0.29, 0.717) is 0 Å². The van der Waals surface area contributed by atoms with Gasteiger partial charge in [0.25, 0.3) is 0 Å². The van der Waals surface area contributed by atoms with Crippen molar-refractivity contribution in [1.29, 1.82) is 0 Å². The Morgan fingerprint density at radius 2 is 1.85 bits per heavy atom. The third kappa shape index (κ3) is 4.07. The Bertz CT molecular complexity index is 507. The summed E-state index contributed by atoms with van der Waals surface area (Å²) in [5.41, 5.74) is -1.30. The van der Waals surface area contributed by atoms with E-state index in [4.69, 9.17) is 16.3 Å². The highest BCUT2D eigenvalue weighted by atomic mass is 35.5. The van der Waals surface area contributed by atoms with Crippen LogP contribution in [0.1, 0.15) is 41.5 Å². The lowest BCUT2D eigenvalue weighted by Crippen LogP contribution is -2.48. The molecule has 1 amide bonds. The van der Waals surface area contributed by atoms with E-state index in [2.05, 4.69) is 4.98 Å². The van der Waals surface area contributed by atoms with Crippen molar-refractivity contribution in [2.75, 3.05) is 4.90 Å². The van der Waals surface area contributed by atoms with Gasteiger partial charge in [0.1, 0.15) is 5.60 Å². The maximum absolute atomic E-state index is 14.1. The van der Waals surface area contributed by atoms with Crippen LogP contribution in [0.4, 0.5) is 14.9 Å². The maximum Gasteiger partial charge on any atom is 0.415 e. The highest BCUT2D eigenvalue weighted by Gasteiger charge is 2.34. The van der Waals surface area contributed by atoms with Crippen molar-refractivity contribution in [2.45, 2.75) is 52.7 Å². The van der Waals surface area contributed by atoms with E-state index in [1.165, 1.54) is 17.2 Å². The topological polar surface area (TPSA) is 42.4 Å². The highest BCUT2D eigenvalue weighted by Crippen LogP contribution is 2.30. The van der Waals surface area contributed by atoms with E-state index in [1.807, 2.05) is 0 Å². The number of aromatic nitrogens is 1. The highest BCUT2D eigenvalue weighted by molar-refractivity contribution is 6.29. The molecule has 1 rings (SSSR count). The SMILES string of the molecule is CC(C)(C)OC(=O)N(c1ccnc(Cl)c1F)C(C)(C)C. The largest absolute Gasteiger partial charge is 0.443 e. The fourth-order valence-electron chi connectivity index (χ4n) is 1.62. The van der Waals surface area contributed by atoms with Crippen molar-refractivity contribution < 1.29 is 13.9 Å². The zero-order chi connectivity index (χ0) is 15.7. The summed E-state index contributed by atoms with van der Waals surface area (Å²) in [7, 11) is 0. The van der Waals surface area contributed by atoms with Crippen LogP contribution >= 0.6 is 11.6 Å². The minimum atomic E-state index is -0.741. The van der Waals surface area contributed by atoms with Gasteiger partial charge < -0.3 is 4.74 Å². The summed E-state index contributed by atoms with van der Waals surface area (Å²) in [5, 5.41) is -0.277. The molecule has 0 unspecified atom stereocenters. The molecule has 0 spiro atoms. The molecule has 0 aliphatic rings. The van der Waals surface area contributed by atoms with Crippen LogP contribution in [0, 0.1) is 5.82 Å². The lowest BCUT2D eigenvalue weighted by Gasteiger charge is -2.36. The van der Waals surface area contributed by atoms with E-state index in [9.17, 15) is 9.18 Å². The molecule has 4 nitrogen and oxygen atoms in total. The summed E-state index contributed by atoms with van der Waals surface area (Å²) in [5.74, 6) is -0.741. The van der Waals surface area contributed by atoms with Gasteiger partial charge in [-0.15, -0.1) is 0 Å². The Labute approximate surface area is 123 Å². The molecule has 0 radical (unpaired) electrons. The third-order valence-electron chi connectivity index (χ3n) is 2.31. The zero-order valence-corrected chi connectivity index (χ0v) is 13.4. The number of rotatable bonds is 1. The molecule has 0 aromatic carbocycles. The van der Waals surface area contributed by atoms with Gasteiger partial charge in [0.15, 0.2) is 11.0 Å². The second kappa shape index (κ2) is 5.56. The van der Waals surface area contributed by atoms with E-state index in [0.717, 1.165) is 0 Å². The summed E-state index contributed by atoms with van der Waals surface area (Å²) in [6, 6.07) is 1.40. The van der Waals surface area contributed by atoms with E-state index in [-0.39, 0.29) is 10.8 Å². The first-order chi connectivity index (χ1) is 8.93. The van der Waals surface area contributed by atoms with Crippen molar-refractivity contribution in [3.8, 4) is 0 Å². The number of anilines is 1. The normalized spacial score (nSPS) is 12.2. The fourth-order valence-corrected chi connectivity index (χ4v) is 1.78. The van der Waals surface area contributed by atoms with Crippen LogP contribution in [0.5, 0.6) is 0 Å². The minimum absolute atomic E-state index is 0.0479. The first kappa shape index (κ1) is 16.7. The average molecular weight is 303 g/mol. The summed E-state index contributed by atoms with van der Waals surface area (Å²) < 4.78 is 19.5. The Hall–Kier alpha value is -1.36. The van der Waals surface area contributed by atoms with Crippen LogP contribution in [-0.4, -0.2) is 22.2 Å². The number of nitrogens with zero attached hydrogens (tertiary/aromatic N) is 2. The lowest BCUT2D eigenvalue weighted by molar-refractivity contribution is 0.0549. The van der Waals surface area contributed by atoms with Crippen LogP contribution in [0.3, 0.4) is 0 Å². The molecule has 0 fully saturated rings. The molecule has 0 atom stereocenters. The van der Waals surface area contributed by atoms with Crippen LogP contribution in [0.2, 0.25) is 5.15 Å². The number of hydrogen-bond acceptors (Lipinski definition) is 3. The summed E-state index contributed by atoms with van der Waals surface area (Å²) in [6.07, 6.45) is 0.718. The van der Waals surface area contributed by atoms with Crippen LogP contribution in [-0.2, 0) is 4.74 Å². The van der Waals surface area contributed by atoms with E-state index in [1.54, 1.807) is 41.5 Å². The van der Waals surface area contributed by atoms with Gasteiger partial charge in [-0.25, -0.2) is 14.2 Å². The molecule has 0 aliphatic heterocycles.